The van der Waals surface area contributed by atoms with Gasteiger partial charge in [0, 0.05) is 17.3 Å². The lowest BCUT2D eigenvalue weighted by Crippen LogP contribution is -2.64. The number of nitrogens with zero attached hydrogens (tertiary/aromatic N) is 2. The van der Waals surface area contributed by atoms with Crippen molar-refractivity contribution in [3.8, 4) is 11.8 Å². The molecule has 0 atom stereocenters. The summed E-state index contributed by atoms with van der Waals surface area (Å²) < 4.78 is 0. The lowest BCUT2D eigenvalue weighted by atomic mass is 9.35. The van der Waals surface area contributed by atoms with E-state index >= 15 is 0 Å². The molecule has 0 radical (unpaired) electrons. The smallest absolute Gasteiger partial charge is 0.178 e. The van der Waals surface area contributed by atoms with E-state index < -0.39 is 0 Å². The van der Waals surface area contributed by atoms with Crippen LogP contribution in [0.2, 0.25) is 0 Å². The molecule has 38 heavy (non-hydrogen) atoms. The predicted molar refractivity (Wildman–Crippen MR) is 166 cm³/mol. The Kier molecular flexibility index (Phi) is 5.89. The van der Waals surface area contributed by atoms with Crippen LogP contribution in [0.25, 0.3) is 16.7 Å². The number of H-pyrrole nitrogens is 1. The molecule has 0 spiro atoms. The average Bonchev–Trinajstić information content (AvgIpc) is 3.61. The predicted octanol–water partition coefficient (Wildman–Crippen LogP) is 7.07. The van der Waals surface area contributed by atoms with E-state index in [4.69, 9.17) is 37.9 Å². The Hall–Kier alpha value is -2.07. The molecular weight excluding hydrogens is 523 g/mol. The second-order valence-corrected chi connectivity index (χ2v) is 13.6. The van der Waals surface area contributed by atoms with Crippen molar-refractivity contribution in [2.24, 2.45) is 16.2 Å². The summed E-state index contributed by atoms with van der Waals surface area (Å²) in [5.41, 5.74) is 7.36. The molecule has 0 aliphatic heterocycles. The van der Waals surface area contributed by atoms with Gasteiger partial charge in [0.25, 0.3) is 0 Å². The van der Waals surface area contributed by atoms with E-state index in [0.29, 0.717) is 16.2 Å². The van der Waals surface area contributed by atoms with Gasteiger partial charge in [-0.1, -0.05) is 42.2 Å². The zero-order valence-corrected chi connectivity index (χ0v) is 24.2. The van der Waals surface area contributed by atoms with Crippen molar-refractivity contribution >= 4 is 54.6 Å². The van der Waals surface area contributed by atoms with Crippen molar-refractivity contribution in [2.75, 3.05) is 17.3 Å². The molecular formula is C32H33N3S3. The number of hydrogen-bond acceptors (Lipinski definition) is 5. The van der Waals surface area contributed by atoms with E-state index in [2.05, 4.69) is 69.3 Å². The third kappa shape index (κ3) is 4.00. The summed E-state index contributed by atoms with van der Waals surface area (Å²) in [6.07, 6.45) is 16.6. The summed E-state index contributed by atoms with van der Waals surface area (Å²) in [5, 5.41) is 0. The van der Waals surface area contributed by atoms with Crippen LogP contribution in [0.15, 0.2) is 54.8 Å². The molecule has 2 heterocycles. The standard InChI is InChI=1S/C32H33N3S3/c36-19-29-13-30(20-37)15-31(14-29,21-38)18-32(16-29,17-30)25-9-7-22(8-10-25)5-6-23-11-26-28(33-12-23)35-27(34-26)24-3-1-2-4-24/h1-3,7-12,36-38H,4,13-21H2,(H,33,34,35). The van der Waals surface area contributed by atoms with Crippen LogP contribution in [0, 0.1) is 28.1 Å². The van der Waals surface area contributed by atoms with Gasteiger partial charge in [-0.3, -0.25) is 0 Å². The van der Waals surface area contributed by atoms with Crippen molar-refractivity contribution in [3.63, 3.8) is 0 Å². The number of aromatic amines is 1. The van der Waals surface area contributed by atoms with E-state index in [0.717, 1.165) is 51.8 Å². The Morgan fingerprint density at radius 1 is 0.816 bits per heavy atom. The Balaban J connectivity index is 1.16. The second kappa shape index (κ2) is 8.98. The lowest BCUT2D eigenvalue weighted by Gasteiger charge is -2.71. The van der Waals surface area contributed by atoms with Gasteiger partial charge in [-0.25, -0.2) is 9.97 Å². The molecule has 6 heteroatoms. The van der Waals surface area contributed by atoms with Gasteiger partial charge in [0.05, 0.1) is 5.52 Å². The minimum absolute atomic E-state index is 0.201. The fraction of sp³-hybridized carbons (Fsp3) is 0.438. The van der Waals surface area contributed by atoms with Crippen LogP contribution >= 0.6 is 37.9 Å². The summed E-state index contributed by atoms with van der Waals surface area (Å²) in [5.74, 6) is 10.5. The molecule has 0 saturated heterocycles. The fourth-order valence-electron chi connectivity index (χ4n) is 8.89. The number of hydrogen-bond donors (Lipinski definition) is 4. The number of pyridine rings is 1. The molecule has 3 nitrogen and oxygen atoms in total. The molecule has 4 bridgehead atoms. The second-order valence-electron chi connectivity index (χ2n) is 12.6. The van der Waals surface area contributed by atoms with Gasteiger partial charge >= 0.3 is 0 Å². The fourth-order valence-corrected chi connectivity index (χ4v) is 9.90. The highest BCUT2D eigenvalue weighted by molar-refractivity contribution is 7.80. The first-order chi connectivity index (χ1) is 18.4. The van der Waals surface area contributed by atoms with E-state index in [-0.39, 0.29) is 5.41 Å². The zero-order chi connectivity index (χ0) is 26.0. The van der Waals surface area contributed by atoms with Crippen LogP contribution in [-0.4, -0.2) is 32.2 Å². The van der Waals surface area contributed by atoms with Crippen molar-refractivity contribution in [2.45, 2.75) is 50.4 Å². The van der Waals surface area contributed by atoms with Gasteiger partial charge < -0.3 is 4.98 Å². The van der Waals surface area contributed by atoms with Gasteiger partial charge in [0.15, 0.2) is 5.65 Å². The number of imidazole rings is 1. The molecule has 0 unspecified atom stereocenters. The number of benzene rings is 1. The average molecular weight is 556 g/mol. The summed E-state index contributed by atoms with van der Waals surface area (Å²) in [6, 6.07) is 11.1. The van der Waals surface area contributed by atoms with Crippen molar-refractivity contribution < 1.29 is 0 Å². The molecule has 5 aliphatic carbocycles. The van der Waals surface area contributed by atoms with Crippen LogP contribution in [0.4, 0.5) is 0 Å². The molecule has 4 saturated carbocycles. The molecule has 8 rings (SSSR count). The number of fused-ring (bicyclic) bond motifs is 1. The van der Waals surface area contributed by atoms with Gasteiger partial charge in [0.2, 0.25) is 0 Å². The van der Waals surface area contributed by atoms with Crippen LogP contribution in [0.3, 0.4) is 0 Å². The molecule has 4 fully saturated rings. The van der Waals surface area contributed by atoms with Crippen molar-refractivity contribution in [1.29, 1.82) is 0 Å². The minimum atomic E-state index is 0.201. The highest BCUT2D eigenvalue weighted by Gasteiger charge is 2.67. The Morgan fingerprint density at radius 3 is 2.03 bits per heavy atom. The van der Waals surface area contributed by atoms with Crippen molar-refractivity contribution in [1.82, 2.24) is 15.0 Å². The third-order valence-electron chi connectivity index (χ3n) is 9.66. The molecule has 1 aromatic carbocycles. The van der Waals surface area contributed by atoms with Crippen LogP contribution in [-0.2, 0) is 5.41 Å². The molecule has 0 amide bonds. The molecule has 2 aromatic heterocycles. The quantitative estimate of drug-likeness (QED) is 0.201. The SMILES string of the molecule is SCC12CC3(CS)CC(CS)(C1)CC(c1ccc(C#Cc4cnc5nc(C6=CC=CC6)[nH]c5c4)cc1)(C2)C3. The number of allylic oxidation sites excluding steroid dienone is 4. The van der Waals surface area contributed by atoms with Crippen LogP contribution in [0.1, 0.15) is 67.5 Å². The first-order valence-electron chi connectivity index (χ1n) is 13.6. The largest absolute Gasteiger partial charge is 0.337 e. The number of nitrogens with one attached hydrogen (secondary N) is 1. The zero-order valence-electron chi connectivity index (χ0n) is 21.5. The number of aromatic nitrogens is 3. The first kappa shape index (κ1) is 24.9. The maximum Gasteiger partial charge on any atom is 0.178 e. The first-order valence-corrected chi connectivity index (χ1v) is 15.5. The topological polar surface area (TPSA) is 41.6 Å². The van der Waals surface area contributed by atoms with Gasteiger partial charge in [-0.2, -0.15) is 37.9 Å². The Morgan fingerprint density at radius 2 is 1.45 bits per heavy atom. The minimum Gasteiger partial charge on any atom is -0.337 e. The van der Waals surface area contributed by atoms with Gasteiger partial charge in [0.1, 0.15) is 5.82 Å². The molecule has 1 N–H and O–H groups in total. The maximum atomic E-state index is 4.91. The molecule has 5 aliphatic rings. The van der Waals surface area contributed by atoms with E-state index in [1.807, 2.05) is 12.3 Å². The summed E-state index contributed by atoms with van der Waals surface area (Å²) in [7, 11) is 0. The van der Waals surface area contributed by atoms with Crippen LogP contribution < -0.4 is 0 Å². The highest BCUT2D eigenvalue weighted by Crippen LogP contribution is 2.74. The maximum absolute atomic E-state index is 4.91. The summed E-state index contributed by atoms with van der Waals surface area (Å²) in [6.45, 7) is 0. The lowest BCUT2D eigenvalue weighted by molar-refractivity contribution is -0.145. The van der Waals surface area contributed by atoms with Gasteiger partial charge in [-0.05, 0) is 113 Å². The number of thiol groups is 3. The highest BCUT2D eigenvalue weighted by atomic mass is 32.1. The third-order valence-corrected chi connectivity index (χ3v) is 11.7. The Labute approximate surface area is 241 Å². The molecule has 3 aromatic rings. The monoisotopic (exact) mass is 555 g/mol. The summed E-state index contributed by atoms with van der Waals surface area (Å²) >= 11 is 14.7. The summed E-state index contributed by atoms with van der Waals surface area (Å²) in [4.78, 5) is 12.6. The normalized spacial score (nSPS) is 33.0. The Bertz CT molecular complexity index is 1480. The van der Waals surface area contributed by atoms with Crippen molar-refractivity contribution in [3.05, 3.63) is 77.3 Å². The van der Waals surface area contributed by atoms with Gasteiger partial charge in [-0.15, -0.1) is 0 Å². The molecule has 194 valence electrons. The van der Waals surface area contributed by atoms with E-state index in [9.17, 15) is 0 Å². The van der Waals surface area contributed by atoms with E-state index in [1.54, 1.807) is 0 Å². The van der Waals surface area contributed by atoms with Crippen LogP contribution in [0.5, 0.6) is 0 Å². The van der Waals surface area contributed by atoms with E-state index in [1.165, 1.54) is 49.7 Å². The number of rotatable bonds is 5.